The number of aliphatic hydroxyl groups excluding tert-OH is 1. The number of aromatic nitrogens is 1. The Morgan fingerprint density at radius 2 is 1.90 bits per heavy atom. The van der Waals surface area contributed by atoms with Crippen LogP contribution >= 0.6 is 0 Å². The molecule has 0 amide bonds. The Balaban J connectivity index is 1.45. The standard InChI is InChI=1S/C30H32F3N3O4/c1-40-21-4-5-25-22(15-21)28(20(17-34)18-35-25)26(37)6-7-30(16-27(38)39)8-11-36(12-9-30)10-2-3-19-13-23(31)29(33)24(32)14-19/h4-5,13-15,18,26,37H,6-12,16-17,34H2,1H3,(H,38,39)/t26-/m1/s1. The number of hydrogen-bond donors (Lipinski definition) is 3. The number of likely N-dealkylation sites (tertiary alicyclic amines) is 1. The zero-order chi connectivity index (χ0) is 28.9. The van der Waals surface area contributed by atoms with Crippen molar-refractivity contribution in [1.82, 2.24) is 9.88 Å². The van der Waals surface area contributed by atoms with Crippen molar-refractivity contribution in [2.75, 3.05) is 26.7 Å². The smallest absolute Gasteiger partial charge is 0.303 e. The number of carbonyl (C=O) groups is 1. The average Bonchev–Trinajstić information content (AvgIpc) is 2.94. The van der Waals surface area contributed by atoms with Gasteiger partial charge in [-0.2, -0.15) is 0 Å². The Labute approximate surface area is 230 Å². The molecule has 0 spiro atoms. The highest BCUT2D eigenvalue weighted by Crippen LogP contribution is 2.42. The van der Waals surface area contributed by atoms with Crippen LogP contribution in [0, 0.1) is 34.7 Å². The summed E-state index contributed by atoms with van der Waals surface area (Å²) in [5, 5.41) is 21.7. The maximum atomic E-state index is 13.4. The number of aliphatic hydroxyl groups is 1. The summed E-state index contributed by atoms with van der Waals surface area (Å²) in [6.07, 6.45) is 2.77. The maximum absolute atomic E-state index is 13.4. The number of rotatable bonds is 9. The van der Waals surface area contributed by atoms with Gasteiger partial charge in [0.05, 0.1) is 31.7 Å². The van der Waals surface area contributed by atoms with Gasteiger partial charge < -0.3 is 20.7 Å². The number of ether oxygens (including phenoxy) is 1. The van der Waals surface area contributed by atoms with Crippen LogP contribution in [0.4, 0.5) is 13.2 Å². The molecule has 0 unspecified atom stereocenters. The average molecular weight is 556 g/mol. The van der Waals surface area contributed by atoms with Gasteiger partial charge >= 0.3 is 5.97 Å². The highest BCUT2D eigenvalue weighted by Gasteiger charge is 2.37. The maximum Gasteiger partial charge on any atom is 0.303 e. The highest BCUT2D eigenvalue weighted by molar-refractivity contribution is 5.85. The third-order valence-corrected chi connectivity index (χ3v) is 7.66. The van der Waals surface area contributed by atoms with Gasteiger partial charge in [-0.15, -0.1) is 0 Å². The molecule has 3 aromatic rings. The van der Waals surface area contributed by atoms with Crippen molar-refractivity contribution in [3.05, 3.63) is 70.7 Å². The lowest BCUT2D eigenvalue weighted by molar-refractivity contribution is -0.141. The topological polar surface area (TPSA) is 109 Å². The molecule has 0 radical (unpaired) electrons. The molecule has 0 aliphatic carbocycles. The van der Waals surface area contributed by atoms with E-state index >= 15 is 0 Å². The number of aliphatic carboxylic acids is 1. The number of piperidine rings is 1. The lowest BCUT2D eigenvalue weighted by atomic mass is 9.71. The van der Waals surface area contributed by atoms with Crippen LogP contribution in [0.2, 0.25) is 0 Å². The lowest BCUT2D eigenvalue weighted by Crippen LogP contribution is -2.41. The van der Waals surface area contributed by atoms with Gasteiger partial charge in [-0.3, -0.25) is 14.7 Å². The number of pyridine rings is 1. The van der Waals surface area contributed by atoms with E-state index in [0.717, 1.165) is 23.1 Å². The molecule has 212 valence electrons. The second-order valence-corrected chi connectivity index (χ2v) is 10.2. The molecule has 1 saturated heterocycles. The molecule has 4 N–H and O–H groups in total. The van der Waals surface area contributed by atoms with Crippen molar-refractivity contribution >= 4 is 16.9 Å². The Morgan fingerprint density at radius 1 is 1.20 bits per heavy atom. The number of nitrogens with two attached hydrogens (primary N) is 1. The minimum Gasteiger partial charge on any atom is -0.497 e. The number of halogens is 3. The SMILES string of the molecule is COc1ccc2ncc(CN)c([C@H](O)CCC3(CC(=O)O)CCN(CC#Cc4cc(F)c(F)c(F)c4)CC3)c2c1. The van der Waals surface area contributed by atoms with Crippen LogP contribution in [0.25, 0.3) is 10.9 Å². The molecule has 40 heavy (non-hydrogen) atoms. The number of carboxylic acids is 1. The molecule has 1 atom stereocenters. The second-order valence-electron chi connectivity index (χ2n) is 10.2. The highest BCUT2D eigenvalue weighted by atomic mass is 19.2. The molecule has 2 heterocycles. The fourth-order valence-corrected chi connectivity index (χ4v) is 5.41. The second kappa shape index (κ2) is 12.7. The van der Waals surface area contributed by atoms with E-state index in [2.05, 4.69) is 16.8 Å². The quantitative estimate of drug-likeness (QED) is 0.263. The first kappa shape index (κ1) is 29.3. The molecule has 7 nitrogen and oxygen atoms in total. The summed E-state index contributed by atoms with van der Waals surface area (Å²) in [7, 11) is 1.56. The van der Waals surface area contributed by atoms with Gasteiger partial charge in [0, 0.05) is 23.7 Å². The van der Waals surface area contributed by atoms with Crippen LogP contribution in [0.3, 0.4) is 0 Å². The van der Waals surface area contributed by atoms with Crippen LogP contribution in [-0.4, -0.2) is 52.8 Å². The Morgan fingerprint density at radius 3 is 2.52 bits per heavy atom. The minimum absolute atomic E-state index is 0.0258. The number of methoxy groups -OCH3 is 1. The molecular weight excluding hydrogens is 523 g/mol. The van der Waals surface area contributed by atoms with Crippen molar-refractivity contribution in [3.8, 4) is 17.6 Å². The molecular formula is C30H32F3N3O4. The Bertz CT molecular complexity index is 1420. The molecule has 1 aliphatic heterocycles. The van der Waals surface area contributed by atoms with Gasteiger partial charge in [-0.1, -0.05) is 11.8 Å². The minimum atomic E-state index is -1.53. The fraction of sp³-hybridized carbons (Fsp3) is 0.400. The largest absolute Gasteiger partial charge is 0.497 e. The van der Waals surface area contributed by atoms with Crippen molar-refractivity contribution in [3.63, 3.8) is 0 Å². The zero-order valence-electron chi connectivity index (χ0n) is 22.2. The van der Waals surface area contributed by atoms with Crippen LogP contribution in [0.5, 0.6) is 5.75 Å². The van der Waals surface area contributed by atoms with E-state index in [1.807, 2.05) is 17.0 Å². The number of fused-ring (bicyclic) bond motifs is 1. The normalized spacial score (nSPS) is 15.8. The fourth-order valence-electron chi connectivity index (χ4n) is 5.41. The van der Waals surface area contributed by atoms with Gasteiger partial charge in [0.15, 0.2) is 17.5 Å². The summed E-state index contributed by atoms with van der Waals surface area (Å²) >= 11 is 0. The number of benzene rings is 2. The van der Waals surface area contributed by atoms with Crippen LogP contribution < -0.4 is 10.5 Å². The first-order valence-electron chi connectivity index (χ1n) is 13.1. The molecule has 10 heteroatoms. The van der Waals surface area contributed by atoms with Crippen molar-refractivity contribution in [2.24, 2.45) is 11.1 Å². The number of carboxylic acid groups (broad SMARTS) is 1. The molecule has 4 rings (SSSR count). The summed E-state index contributed by atoms with van der Waals surface area (Å²) in [6, 6.07) is 7.13. The van der Waals surface area contributed by atoms with Gasteiger partial charge in [-0.25, -0.2) is 13.2 Å². The Hall–Kier alpha value is -3.65. The number of hydrogen-bond acceptors (Lipinski definition) is 6. The summed E-state index contributed by atoms with van der Waals surface area (Å²) in [4.78, 5) is 18.3. The van der Waals surface area contributed by atoms with Crippen LogP contribution in [0.15, 0.2) is 36.5 Å². The summed E-state index contributed by atoms with van der Waals surface area (Å²) in [5.41, 5.74) is 7.59. The summed E-state index contributed by atoms with van der Waals surface area (Å²) in [5.74, 6) is 1.13. The van der Waals surface area contributed by atoms with E-state index in [0.29, 0.717) is 62.1 Å². The van der Waals surface area contributed by atoms with E-state index < -0.39 is 34.9 Å². The molecule has 1 aromatic heterocycles. The molecule has 0 bridgehead atoms. The van der Waals surface area contributed by atoms with Crippen molar-refractivity contribution in [1.29, 1.82) is 0 Å². The zero-order valence-corrected chi connectivity index (χ0v) is 22.2. The molecule has 1 aliphatic rings. The third-order valence-electron chi connectivity index (χ3n) is 7.66. The summed E-state index contributed by atoms with van der Waals surface area (Å²) in [6.45, 7) is 1.67. The van der Waals surface area contributed by atoms with Gasteiger partial charge in [-0.05, 0) is 85.6 Å². The molecule has 2 aromatic carbocycles. The monoisotopic (exact) mass is 555 g/mol. The lowest BCUT2D eigenvalue weighted by Gasteiger charge is -2.41. The summed E-state index contributed by atoms with van der Waals surface area (Å²) < 4.78 is 45.4. The number of nitrogens with zero attached hydrogens (tertiary/aromatic N) is 2. The van der Waals surface area contributed by atoms with Gasteiger partial charge in [0.1, 0.15) is 5.75 Å². The predicted molar refractivity (Wildman–Crippen MR) is 144 cm³/mol. The predicted octanol–water partition coefficient (Wildman–Crippen LogP) is 4.54. The van der Waals surface area contributed by atoms with E-state index in [4.69, 9.17) is 10.5 Å². The molecule has 1 fully saturated rings. The van der Waals surface area contributed by atoms with E-state index in [1.165, 1.54) is 0 Å². The Kier molecular flexibility index (Phi) is 9.30. The van der Waals surface area contributed by atoms with E-state index in [9.17, 15) is 28.2 Å². The van der Waals surface area contributed by atoms with Gasteiger partial charge in [0.2, 0.25) is 0 Å². The van der Waals surface area contributed by atoms with Crippen molar-refractivity contribution < 1.29 is 32.9 Å². The van der Waals surface area contributed by atoms with Gasteiger partial charge in [0.25, 0.3) is 0 Å². The van der Waals surface area contributed by atoms with E-state index in [1.54, 1.807) is 19.4 Å². The van der Waals surface area contributed by atoms with Crippen molar-refractivity contribution in [2.45, 2.75) is 44.8 Å². The third kappa shape index (κ3) is 6.73. The van der Waals surface area contributed by atoms with Crippen LogP contribution in [-0.2, 0) is 11.3 Å². The first-order chi connectivity index (χ1) is 19.1. The first-order valence-corrected chi connectivity index (χ1v) is 13.1. The van der Waals surface area contributed by atoms with Crippen LogP contribution in [0.1, 0.15) is 54.9 Å². The van der Waals surface area contributed by atoms with E-state index in [-0.39, 0.29) is 18.5 Å². The molecule has 0 saturated carbocycles.